The molecule has 0 heterocycles. The molecular weight excluding hydrogens is 400 g/mol. The molecule has 158 valence electrons. The third-order valence-corrected chi connectivity index (χ3v) is 6.59. The van der Waals surface area contributed by atoms with Crippen LogP contribution in [0.25, 0.3) is 54.6 Å². The molecule has 6 aromatic carbocycles. The molecule has 0 unspecified atom stereocenters. The molecule has 6 rings (SSSR count). The zero-order valence-electron chi connectivity index (χ0n) is 18.8. The fourth-order valence-corrected chi connectivity index (χ4v) is 4.94. The van der Waals surface area contributed by atoms with Gasteiger partial charge in [-0.2, -0.15) is 0 Å². The predicted molar refractivity (Wildman–Crippen MR) is 141 cm³/mol. The summed E-state index contributed by atoms with van der Waals surface area (Å²) in [5.74, 6) is 0.873. The fraction of sp³-hybridized carbons (Fsp3) is 0.0625. The Morgan fingerprint density at radius 2 is 0.939 bits per heavy atom. The van der Waals surface area contributed by atoms with E-state index >= 15 is 0 Å². The van der Waals surface area contributed by atoms with Crippen LogP contribution in [-0.4, -0.2) is 7.11 Å². The van der Waals surface area contributed by atoms with Crippen molar-refractivity contribution in [2.75, 3.05) is 7.11 Å². The summed E-state index contributed by atoms with van der Waals surface area (Å²) < 4.78 is 5.47. The molecule has 0 radical (unpaired) electrons. The van der Waals surface area contributed by atoms with Crippen LogP contribution in [0.2, 0.25) is 0 Å². The summed E-state index contributed by atoms with van der Waals surface area (Å²) in [7, 11) is 1.71. The van der Waals surface area contributed by atoms with Crippen molar-refractivity contribution in [1.82, 2.24) is 0 Å². The summed E-state index contributed by atoms with van der Waals surface area (Å²) in [6, 6.07) is 39.5. The van der Waals surface area contributed by atoms with E-state index in [9.17, 15) is 0 Å². The molecule has 6 aromatic rings. The van der Waals surface area contributed by atoms with E-state index in [0.29, 0.717) is 0 Å². The quantitative estimate of drug-likeness (QED) is 0.258. The third kappa shape index (κ3) is 3.34. The number of hydrogen-bond donors (Lipinski definition) is 0. The number of hydrogen-bond acceptors (Lipinski definition) is 1. The molecule has 0 N–H and O–H groups in total. The molecule has 0 atom stereocenters. The van der Waals surface area contributed by atoms with Crippen LogP contribution < -0.4 is 4.74 Å². The number of aryl methyl sites for hydroxylation is 1. The highest BCUT2D eigenvalue weighted by atomic mass is 16.5. The number of fused-ring (bicyclic) bond motifs is 6. The average molecular weight is 425 g/mol. The first kappa shape index (κ1) is 19.6. The lowest BCUT2D eigenvalue weighted by Gasteiger charge is -2.14. The van der Waals surface area contributed by atoms with Gasteiger partial charge in [-0.25, -0.2) is 0 Å². The van der Waals surface area contributed by atoms with Gasteiger partial charge < -0.3 is 4.74 Å². The zero-order chi connectivity index (χ0) is 22.4. The lowest BCUT2D eigenvalue weighted by Crippen LogP contribution is -1.87. The van der Waals surface area contributed by atoms with Crippen molar-refractivity contribution in [3.05, 3.63) is 115 Å². The van der Waals surface area contributed by atoms with Crippen molar-refractivity contribution in [1.29, 1.82) is 0 Å². The Labute approximate surface area is 193 Å². The van der Waals surface area contributed by atoms with Gasteiger partial charge in [0.1, 0.15) is 5.75 Å². The minimum absolute atomic E-state index is 0.873. The molecule has 1 nitrogen and oxygen atoms in total. The first-order valence-corrected chi connectivity index (χ1v) is 11.3. The van der Waals surface area contributed by atoms with Gasteiger partial charge in [0, 0.05) is 0 Å². The van der Waals surface area contributed by atoms with Gasteiger partial charge in [-0.15, -0.1) is 0 Å². The van der Waals surface area contributed by atoms with E-state index in [1.54, 1.807) is 7.11 Å². The maximum atomic E-state index is 5.47. The van der Waals surface area contributed by atoms with E-state index in [2.05, 4.69) is 104 Å². The summed E-state index contributed by atoms with van der Waals surface area (Å²) in [6.45, 7) is 2.15. The van der Waals surface area contributed by atoms with Gasteiger partial charge in [0.15, 0.2) is 0 Å². The van der Waals surface area contributed by atoms with Crippen LogP contribution in [-0.2, 0) is 0 Å². The maximum Gasteiger partial charge on any atom is 0.119 e. The van der Waals surface area contributed by atoms with E-state index in [4.69, 9.17) is 4.74 Å². The molecule has 0 aliphatic carbocycles. The summed E-state index contributed by atoms with van der Waals surface area (Å²) in [5, 5.41) is 7.72. The normalized spacial score (nSPS) is 11.3. The van der Waals surface area contributed by atoms with E-state index < -0.39 is 0 Å². The summed E-state index contributed by atoms with van der Waals surface area (Å²) in [6.07, 6.45) is 0. The van der Waals surface area contributed by atoms with Gasteiger partial charge in [0.05, 0.1) is 7.11 Å². The number of benzene rings is 6. The highest BCUT2D eigenvalue weighted by molar-refractivity contribution is 6.26. The Hall–Kier alpha value is -4.10. The minimum atomic E-state index is 0.873. The first-order valence-electron chi connectivity index (χ1n) is 11.3. The van der Waals surface area contributed by atoms with Gasteiger partial charge in [0.25, 0.3) is 0 Å². The van der Waals surface area contributed by atoms with Crippen molar-refractivity contribution < 1.29 is 4.74 Å². The van der Waals surface area contributed by atoms with E-state index in [1.165, 1.54) is 54.6 Å². The van der Waals surface area contributed by atoms with E-state index in [1.807, 2.05) is 12.1 Å². The Morgan fingerprint density at radius 1 is 0.424 bits per heavy atom. The molecule has 0 saturated heterocycles. The van der Waals surface area contributed by atoms with Crippen LogP contribution in [0.4, 0.5) is 0 Å². The molecule has 0 bridgehead atoms. The summed E-state index contributed by atoms with van der Waals surface area (Å²) >= 11 is 0. The number of rotatable bonds is 3. The Kier molecular flexibility index (Phi) is 4.62. The van der Waals surface area contributed by atoms with Crippen LogP contribution in [0.15, 0.2) is 109 Å². The molecule has 0 spiro atoms. The van der Waals surface area contributed by atoms with Crippen molar-refractivity contribution in [3.8, 4) is 28.0 Å². The van der Waals surface area contributed by atoms with Gasteiger partial charge in [-0.3, -0.25) is 0 Å². The molecule has 0 aliphatic rings. The Morgan fingerprint density at radius 3 is 1.52 bits per heavy atom. The van der Waals surface area contributed by atoms with Gasteiger partial charge in [-0.1, -0.05) is 90.5 Å². The number of ether oxygens (including phenoxy) is 1. The minimum Gasteiger partial charge on any atom is -0.497 e. The van der Waals surface area contributed by atoms with Crippen molar-refractivity contribution in [2.45, 2.75) is 6.92 Å². The number of methoxy groups -OCH3 is 1. The van der Waals surface area contributed by atoms with Crippen LogP contribution >= 0.6 is 0 Å². The monoisotopic (exact) mass is 424 g/mol. The highest BCUT2D eigenvalue weighted by Crippen LogP contribution is 2.39. The van der Waals surface area contributed by atoms with Gasteiger partial charge >= 0.3 is 0 Å². The largest absolute Gasteiger partial charge is 0.497 e. The van der Waals surface area contributed by atoms with Gasteiger partial charge in [-0.05, 0) is 85.8 Å². The second-order valence-corrected chi connectivity index (χ2v) is 8.67. The van der Waals surface area contributed by atoms with E-state index in [-0.39, 0.29) is 0 Å². The van der Waals surface area contributed by atoms with Crippen molar-refractivity contribution >= 4 is 32.3 Å². The lowest BCUT2D eigenvalue weighted by atomic mass is 9.90. The maximum absolute atomic E-state index is 5.47. The van der Waals surface area contributed by atoms with Crippen molar-refractivity contribution in [2.24, 2.45) is 0 Å². The molecule has 0 saturated carbocycles. The molecule has 0 aliphatic heterocycles. The zero-order valence-corrected chi connectivity index (χ0v) is 18.8. The SMILES string of the molecule is COc1cccc(-c2ccc3c4ccccc4c4ccc(-c5cccc(C)c5)cc4c3c2)c1. The van der Waals surface area contributed by atoms with Gasteiger partial charge in [0.2, 0.25) is 0 Å². The van der Waals surface area contributed by atoms with Crippen LogP contribution in [0.5, 0.6) is 5.75 Å². The van der Waals surface area contributed by atoms with Crippen molar-refractivity contribution in [3.63, 3.8) is 0 Å². The average Bonchev–Trinajstić information content (AvgIpc) is 2.88. The second-order valence-electron chi connectivity index (χ2n) is 8.67. The molecule has 33 heavy (non-hydrogen) atoms. The molecule has 0 fully saturated rings. The first-order chi connectivity index (χ1) is 16.2. The smallest absolute Gasteiger partial charge is 0.119 e. The predicted octanol–water partition coefficient (Wildman–Crippen LogP) is 8.80. The molecule has 0 amide bonds. The Bertz CT molecular complexity index is 1660. The molecule has 1 heteroatoms. The van der Waals surface area contributed by atoms with Crippen LogP contribution in [0.1, 0.15) is 5.56 Å². The second kappa shape index (κ2) is 7.79. The topological polar surface area (TPSA) is 9.23 Å². The highest BCUT2D eigenvalue weighted by Gasteiger charge is 2.11. The van der Waals surface area contributed by atoms with Crippen LogP contribution in [0.3, 0.4) is 0 Å². The summed E-state index contributed by atoms with van der Waals surface area (Å²) in [4.78, 5) is 0. The molecular formula is C32H24O. The standard InChI is InChI=1S/C32H24O/c1-21-7-5-8-22(17-21)24-13-15-29-27-11-3-4-12-28(27)30-16-14-25(20-32(30)31(29)19-24)23-9-6-10-26(18-23)33-2/h3-20H,1-2H3. The Balaban J connectivity index is 1.69. The summed E-state index contributed by atoms with van der Waals surface area (Å²) in [5.41, 5.74) is 6.12. The van der Waals surface area contributed by atoms with Crippen LogP contribution in [0, 0.1) is 6.92 Å². The van der Waals surface area contributed by atoms with E-state index in [0.717, 1.165) is 11.3 Å². The fourth-order valence-electron chi connectivity index (χ4n) is 4.94. The molecule has 0 aromatic heterocycles. The third-order valence-electron chi connectivity index (χ3n) is 6.59. The lowest BCUT2D eigenvalue weighted by molar-refractivity contribution is 0.415.